The summed E-state index contributed by atoms with van der Waals surface area (Å²) in [5, 5.41) is 9.13. The van der Waals surface area contributed by atoms with E-state index in [1.54, 1.807) is 37.3 Å². The number of nitrogens with zero attached hydrogens (tertiary/aromatic N) is 2. The maximum Gasteiger partial charge on any atom is 0.338 e. The Hall–Kier alpha value is -3.03. The van der Waals surface area contributed by atoms with Gasteiger partial charge in [-0.15, -0.1) is 0 Å². The Bertz CT molecular complexity index is 1040. The number of aryl methyl sites for hydroxylation is 1. The van der Waals surface area contributed by atoms with Gasteiger partial charge in [0, 0.05) is 19.2 Å². The van der Waals surface area contributed by atoms with Crippen LogP contribution in [0.25, 0.3) is 0 Å². The average Bonchev–Trinajstić information content (AvgIpc) is 2.78. The number of hydrogen-bond acceptors (Lipinski definition) is 4. The minimum atomic E-state index is -1.00. The lowest BCUT2D eigenvalue weighted by Gasteiger charge is -2.45. The molecule has 7 heteroatoms. The highest BCUT2D eigenvalue weighted by Gasteiger charge is 2.41. The second-order valence-corrected chi connectivity index (χ2v) is 8.88. The first-order valence-corrected chi connectivity index (χ1v) is 11.1. The number of aromatic carboxylic acids is 1. The molecular formula is C26H32FN2O4+. The molecule has 1 aliphatic rings. The molecule has 1 saturated heterocycles. The van der Waals surface area contributed by atoms with E-state index < -0.39 is 12.1 Å². The minimum absolute atomic E-state index is 0.0905. The number of halogens is 1. The predicted molar refractivity (Wildman–Crippen MR) is 125 cm³/mol. The first kappa shape index (κ1) is 24.6. The van der Waals surface area contributed by atoms with Gasteiger partial charge in [0.15, 0.2) is 0 Å². The Labute approximate surface area is 194 Å². The van der Waals surface area contributed by atoms with Crippen LogP contribution in [-0.4, -0.2) is 65.6 Å². The number of quaternary nitrogens is 1. The van der Waals surface area contributed by atoms with Gasteiger partial charge in [0.1, 0.15) is 23.7 Å². The van der Waals surface area contributed by atoms with Crippen LogP contribution in [0.4, 0.5) is 4.39 Å². The summed E-state index contributed by atoms with van der Waals surface area (Å²) in [5.41, 5.74) is 1.44. The summed E-state index contributed by atoms with van der Waals surface area (Å²) in [7, 11) is 1.97. The topological polar surface area (TPSA) is 66.8 Å². The second-order valence-electron chi connectivity index (χ2n) is 8.88. The highest BCUT2D eigenvalue weighted by Crippen LogP contribution is 2.27. The normalized spacial score (nSPS) is 22.3. The van der Waals surface area contributed by atoms with Crippen molar-refractivity contribution >= 4 is 11.9 Å². The van der Waals surface area contributed by atoms with Crippen LogP contribution in [0.15, 0.2) is 54.6 Å². The largest absolute Gasteiger partial charge is 0.484 e. The number of likely N-dealkylation sites (N-methyl/N-ethyl adjacent to an activating group) is 1. The van der Waals surface area contributed by atoms with Crippen molar-refractivity contribution < 1.29 is 28.3 Å². The van der Waals surface area contributed by atoms with E-state index in [4.69, 9.17) is 9.84 Å². The van der Waals surface area contributed by atoms with Crippen molar-refractivity contribution in [3.8, 4) is 5.75 Å². The summed E-state index contributed by atoms with van der Waals surface area (Å²) < 4.78 is 20.9. The lowest BCUT2D eigenvalue weighted by molar-refractivity contribution is -0.861. The van der Waals surface area contributed by atoms with Crippen LogP contribution in [0.1, 0.15) is 41.4 Å². The van der Waals surface area contributed by atoms with Crippen LogP contribution in [0.3, 0.4) is 0 Å². The average molecular weight is 456 g/mol. The standard InChI is InChI=1S/C26H31FN2O4/c1-5-6-25(30)29(4)14-13-28(16-19(29)3)17-24(21-8-7-18(2)23(27)15-21)33-22-11-9-20(10-12-22)26(31)32/h5-12,15,19,24H,13-14,16-17H2,1-4H3/p+1/b6-5+/t19-,24+,29?/m1/s1. The summed E-state index contributed by atoms with van der Waals surface area (Å²) in [6, 6.07) is 11.4. The Morgan fingerprint density at radius 3 is 2.55 bits per heavy atom. The summed E-state index contributed by atoms with van der Waals surface area (Å²) in [4.78, 5) is 26.0. The SMILES string of the molecule is C/C=C/C(=O)[N+]1(C)CCN(C[C@H](Oc2ccc(C(=O)O)cc2)c2ccc(C)c(F)c2)C[C@H]1C. The third kappa shape index (κ3) is 5.67. The van der Waals surface area contributed by atoms with Crippen molar-refractivity contribution in [3.05, 3.63) is 77.1 Å². The molecular weight excluding hydrogens is 423 g/mol. The fraction of sp³-hybridized carbons (Fsp3) is 0.385. The molecule has 2 aromatic rings. The molecule has 2 aromatic carbocycles. The summed E-state index contributed by atoms with van der Waals surface area (Å²) in [6.45, 7) is 8.23. The molecule has 0 spiro atoms. The lowest BCUT2D eigenvalue weighted by atomic mass is 10.0. The molecule has 1 fully saturated rings. The zero-order chi connectivity index (χ0) is 24.2. The third-order valence-corrected chi connectivity index (χ3v) is 6.56. The van der Waals surface area contributed by atoms with Gasteiger partial charge < -0.3 is 9.84 Å². The molecule has 0 radical (unpaired) electrons. The van der Waals surface area contributed by atoms with Crippen molar-refractivity contribution in [2.45, 2.75) is 32.9 Å². The maximum atomic E-state index is 14.3. The number of ether oxygens (including phenoxy) is 1. The molecule has 1 heterocycles. The molecule has 6 nitrogen and oxygen atoms in total. The van der Waals surface area contributed by atoms with E-state index in [0.29, 0.717) is 47.5 Å². The number of allylic oxidation sites excluding steroid dienone is 1. The number of piperazine rings is 1. The van der Waals surface area contributed by atoms with E-state index in [2.05, 4.69) is 11.8 Å². The fourth-order valence-corrected chi connectivity index (χ4v) is 4.12. The van der Waals surface area contributed by atoms with Gasteiger partial charge in [-0.05, 0) is 62.2 Å². The minimum Gasteiger partial charge on any atom is -0.484 e. The molecule has 1 N–H and O–H groups in total. The van der Waals surface area contributed by atoms with Crippen LogP contribution in [0.2, 0.25) is 0 Å². The van der Waals surface area contributed by atoms with Gasteiger partial charge >= 0.3 is 11.9 Å². The predicted octanol–water partition coefficient (Wildman–Crippen LogP) is 4.21. The van der Waals surface area contributed by atoms with Crippen molar-refractivity contribution in [3.63, 3.8) is 0 Å². The summed E-state index contributed by atoms with van der Waals surface area (Å²) in [5.74, 6) is -0.693. The Morgan fingerprint density at radius 2 is 1.97 bits per heavy atom. The number of carboxylic acids is 1. The molecule has 3 atom stereocenters. The molecule has 1 aliphatic heterocycles. The fourth-order valence-electron chi connectivity index (χ4n) is 4.12. The molecule has 0 bridgehead atoms. The number of amides is 1. The van der Waals surface area contributed by atoms with Crippen LogP contribution in [0, 0.1) is 12.7 Å². The summed E-state index contributed by atoms with van der Waals surface area (Å²) >= 11 is 0. The Kier molecular flexibility index (Phi) is 7.66. The van der Waals surface area contributed by atoms with E-state index in [9.17, 15) is 14.0 Å². The van der Waals surface area contributed by atoms with E-state index in [1.807, 2.05) is 20.0 Å². The van der Waals surface area contributed by atoms with E-state index in [-0.39, 0.29) is 23.3 Å². The molecule has 33 heavy (non-hydrogen) atoms. The van der Waals surface area contributed by atoms with E-state index in [0.717, 1.165) is 0 Å². The lowest BCUT2D eigenvalue weighted by Crippen LogP contribution is -2.65. The molecule has 0 aliphatic carbocycles. The monoisotopic (exact) mass is 455 g/mol. The number of carbonyl (C=O) groups excluding carboxylic acids is 1. The summed E-state index contributed by atoms with van der Waals surface area (Å²) in [6.07, 6.45) is 2.95. The van der Waals surface area contributed by atoms with Crippen LogP contribution < -0.4 is 4.74 Å². The van der Waals surface area contributed by atoms with Crippen LogP contribution >= 0.6 is 0 Å². The van der Waals surface area contributed by atoms with E-state index in [1.165, 1.54) is 18.2 Å². The number of benzene rings is 2. The van der Waals surface area contributed by atoms with Gasteiger partial charge in [-0.3, -0.25) is 9.38 Å². The molecule has 3 rings (SSSR count). The van der Waals surface area contributed by atoms with Gasteiger partial charge in [0.25, 0.3) is 0 Å². The zero-order valence-electron chi connectivity index (χ0n) is 19.6. The molecule has 0 aromatic heterocycles. The number of hydrogen-bond donors (Lipinski definition) is 1. The van der Waals surface area contributed by atoms with Crippen molar-refractivity contribution in [2.75, 3.05) is 33.2 Å². The maximum absolute atomic E-state index is 14.3. The quantitative estimate of drug-likeness (QED) is 0.501. The van der Waals surface area contributed by atoms with E-state index >= 15 is 0 Å². The van der Waals surface area contributed by atoms with Crippen molar-refractivity contribution in [1.29, 1.82) is 0 Å². The van der Waals surface area contributed by atoms with Crippen LogP contribution in [0.5, 0.6) is 5.75 Å². The van der Waals surface area contributed by atoms with Crippen molar-refractivity contribution in [2.24, 2.45) is 0 Å². The Balaban J connectivity index is 1.80. The smallest absolute Gasteiger partial charge is 0.338 e. The van der Waals surface area contributed by atoms with Crippen molar-refractivity contribution in [1.82, 2.24) is 4.90 Å². The molecule has 1 amide bonds. The van der Waals surface area contributed by atoms with Gasteiger partial charge in [0.05, 0.1) is 25.7 Å². The molecule has 0 saturated carbocycles. The number of carboxylic acid groups (broad SMARTS) is 1. The highest BCUT2D eigenvalue weighted by atomic mass is 19.1. The first-order chi connectivity index (χ1) is 15.6. The third-order valence-electron chi connectivity index (χ3n) is 6.56. The van der Waals surface area contributed by atoms with Gasteiger partial charge in [-0.25, -0.2) is 14.0 Å². The van der Waals surface area contributed by atoms with Crippen LogP contribution in [-0.2, 0) is 4.79 Å². The highest BCUT2D eigenvalue weighted by molar-refractivity contribution is 5.87. The zero-order valence-corrected chi connectivity index (χ0v) is 19.6. The second kappa shape index (κ2) is 10.3. The molecule has 176 valence electrons. The first-order valence-electron chi connectivity index (χ1n) is 11.1. The number of carbonyl (C=O) groups is 2. The molecule has 1 unspecified atom stereocenters. The van der Waals surface area contributed by atoms with Gasteiger partial charge in [0.2, 0.25) is 0 Å². The number of rotatable bonds is 7. The van der Waals surface area contributed by atoms with Gasteiger partial charge in [-0.2, -0.15) is 0 Å². The Morgan fingerprint density at radius 1 is 1.27 bits per heavy atom. The van der Waals surface area contributed by atoms with Gasteiger partial charge in [-0.1, -0.05) is 18.2 Å².